The zero-order chi connectivity index (χ0) is 18.0. The van der Waals surface area contributed by atoms with Gasteiger partial charge in [0.25, 0.3) is 10.2 Å². The van der Waals surface area contributed by atoms with Crippen molar-refractivity contribution in [2.75, 3.05) is 27.2 Å². The van der Waals surface area contributed by atoms with Gasteiger partial charge in [0.15, 0.2) is 0 Å². The first kappa shape index (κ1) is 18.0. The summed E-state index contributed by atoms with van der Waals surface area (Å²) in [6.07, 6.45) is 4.65. The van der Waals surface area contributed by atoms with Crippen molar-refractivity contribution in [2.24, 2.45) is 5.92 Å². The highest BCUT2D eigenvalue weighted by molar-refractivity contribution is 7.86. The van der Waals surface area contributed by atoms with Crippen molar-refractivity contribution in [3.05, 3.63) is 35.7 Å². The molecule has 25 heavy (non-hydrogen) atoms. The minimum atomic E-state index is -3.33. The fraction of sp³-hybridized carbons (Fsp3) is 0.529. The molecule has 3 rings (SSSR count). The fourth-order valence-electron chi connectivity index (χ4n) is 3.21. The van der Waals surface area contributed by atoms with Gasteiger partial charge in [-0.25, -0.2) is 0 Å². The van der Waals surface area contributed by atoms with Gasteiger partial charge in [0, 0.05) is 39.1 Å². The van der Waals surface area contributed by atoms with Crippen molar-refractivity contribution in [1.29, 1.82) is 0 Å². The lowest BCUT2D eigenvalue weighted by molar-refractivity contribution is 0.254. The maximum atomic E-state index is 12.3. The van der Waals surface area contributed by atoms with Crippen LogP contribution in [0.5, 0.6) is 0 Å². The molecular weight excluding hydrogens is 338 g/mol. The van der Waals surface area contributed by atoms with Crippen LogP contribution >= 0.6 is 0 Å². The monoisotopic (exact) mass is 363 g/mol. The number of hydrogen-bond acceptors (Lipinski definition) is 4. The Morgan fingerprint density at radius 1 is 1.32 bits per heavy atom. The third-order valence-electron chi connectivity index (χ3n) is 4.59. The summed E-state index contributed by atoms with van der Waals surface area (Å²) in [5.41, 5.74) is 3.81. The molecule has 1 atom stereocenters. The first-order valence-electron chi connectivity index (χ1n) is 8.51. The normalized spacial score (nSPS) is 19.4. The predicted octanol–water partition coefficient (Wildman–Crippen LogP) is 1.84. The number of aryl methyl sites for hydroxylation is 1. The minimum Gasteiger partial charge on any atom is -0.282 e. The number of aromatic amines is 1. The number of hydrogen-bond donors (Lipinski definition) is 1. The summed E-state index contributed by atoms with van der Waals surface area (Å²) in [7, 11) is -0.163. The first-order valence-corrected chi connectivity index (χ1v) is 9.91. The molecular formula is C17H25N5O2S. The average molecular weight is 363 g/mol. The lowest BCUT2D eigenvalue weighted by atomic mass is 9.93. The zero-order valence-corrected chi connectivity index (χ0v) is 15.8. The Morgan fingerprint density at radius 2 is 2.12 bits per heavy atom. The van der Waals surface area contributed by atoms with Crippen molar-refractivity contribution in [2.45, 2.75) is 26.2 Å². The summed E-state index contributed by atoms with van der Waals surface area (Å²) in [5, 5.41) is 7.14. The molecule has 1 fully saturated rings. The summed E-state index contributed by atoms with van der Waals surface area (Å²) in [4.78, 5) is 4.50. The fourth-order valence-corrected chi connectivity index (χ4v) is 4.43. The van der Waals surface area contributed by atoms with Crippen molar-refractivity contribution in [1.82, 2.24) is 23.8 Å². The van der Waals surface area contributed by atoms with Gasteiger partial charge in [-0.05, 0) is 49.8 Å². The molecule has 0 radical (unpaired) electrons. The van der Waals surface area contributed by atoms with Crippen LogP contribution in [0.25, 0.3) is 11.4 Å². The van der Waals surface area contributed by atoms with Gasteiger partial charge in [-0.15, -0.1) is 0 Å². The van der Waals surface area contributed by atoms with E-state index in [1.54, 1.807) is 18.4 Å². The highest BCUT2D eigenvalue weighted by Crippen LogP contribution is 2.24. The number of aromatic nitrogens is 3. The molecule has 0 unspecified atom stereocenters. The molecule has 1 aliphatic heterocycles. The van der Waals surface area contributed by atoms with E-state index in [9.17, 15) is 8.42 Å². The maximum absolute atomic E-state index is 12.3. The van der Waals surface area contributed by atoms with Crippen LogP contribution in [0.1, 0.15) is 24.1 Å². The summed E-state index contributed by atoms with van der Waals surface area (Å²) in [5.74, 6) is 0.323. The molecule has 1 N–H and O–H groups in total. The maximum Gasteiger partial charge on any atom is 0.281 e. The van der Waals surface area contributed by atoms with Crippen molar-refractivity contribution in [3.8, 4) is 11.4 Å². The highest BCUT2D eigenvalue weighted by Gasteiger charge is 2.30. The molecule has 0 aliphatic carbocycles. The summed E-state index contributed by atoms with van der Waals surface area (Å²) in [6, 6.07) is 6.00. The van der Waals surface area contributed by atoms with Crippen LogP contribution in [-0.2, 0) is 16.6 Å². The molecule has 2 aromatic heterocycles. The highest BCUT2D eigenvalue weighted by atomic mass is 32.2. The zero-order valence-electron chi connectivity index (χ0n) is 14.9. The Kier molecular flexibility index (Phi) is 5.21. The van der Waals surface area contributed by atoms with E-state index in [1.165, 1.54) is 4.31 Å². The topological polar surface area (TPSA) is 82.2 Å². The van der Waals surface area contributed by atoms with Gasteiger partial charge in [-0.1, -0.05) is 6.07 Å². The van der Waals surface area contributed by atoms with Crippen LogP contribution in [-0.4, -0.2) is 59.4 Å². The third kappa shape index (κ3) is 4.08. The van der Waals surface area contributed by atoms with Crippen LogP contribution < -0.4 is 0 Å². The van der Waals surface area contributed by atoms with Crippen LogP contribution in [0, 0.1) is 12.8 Å². The smallest absolute Gasteiger partial charge is 0.281 e. The van der Waals surface area contributed by atoms with Crippen LogP contribution in [0.4, 0.5) is 0 Å². The van der Waals surface area contributed by atoms with Gasteiger partial charge >= 0.3 is 0 Å². The van der Waals surface area contributed by atoms with E-state index >= 15 is 0 Å². The molecule has 3 heterocycles. The van der Waals surface area contributed by atoms with Gasteiger partial charge in [-0.2, -0.15) is 22.1 Å². The Labute approximate surface area is 149 Å². The van der Waals surface area contributed by atoms with Crippen molar-refractivity contribution < 1.29 is 8.42 Å². The van der Waals surface area contributed by atoms with Crippen LogP contribution in [0.2, 0.25) is 0 Å². The summed E-state index contributed by atoms with van der Waals surface area (Å²) < 4.78 is 27.5. The first-order chi connectivity index (χ1) is 11.9. The molecule has 0 aromatic carbocycles. The number of nitrogens with one attached hydrogen (secondary N) is 1. The van der Waals surface area contributed by atoms with Crippen molar-refractivity contribution in [3.63, 3.8) is 0 Å². The minimum absolute atomic E-state index is 0.323. The molecule has 136 valence electrons. The van der Waals surface area contributed by atoms with Gasteiger partial charge in [0.05, 0.1) is 5.69 Å². The van der Waals surface area contributed by atoms with E-state index < -0.39 is 10.2 Å². The summed E-state index contributed by atoms with van der Waals surface area (Å²) in [6.45, 7) is 3.13. The van der Waals surface area contributed by atoms with E-state index in [-0.39, 0.29) is 0 Å². The lowest BCUT2D eigenvalue weighted by Gasteiger charge is -2.33. The SMILES string of the molecule is Cc1cc(-c2ccc(C[C@H]3CCCN(S(=O)(=O)N(C)C)C3)cn2)n[nH]1. The molecule has 0 spiro atoms. The largest absolute Gasteiger partial charge is 0.282 e. The molecule has 7 nitrogen and oxygen atoms in total. The van der Waals surface area contributed by atoms with E-state index in [0.29, 0.717) is 19.0 Å². The molecule has 0 bridgehead atoms. The Bertz CT molecular complexity index is 814. The molecule has 0 saturated carbocycles. The van der Waals surface area contributed by atoms with E-state index in [1.807, 2.05) is 25.3 Å². The molecule has 1 saturated heterocycles. The van der Waals surface area contributed by atoms with Crippen molar-refractivity contribution >= 4 is 10.2 Å². The molecule has 8 heteroatoms. The van der Waals surface area contributed by atoms with E-state index in [2.05, 4.69) is 21.2 Å². The van der Waals surface area contributed by atoms with E-state index in [4.69, 9.17) is 0 Å². The van der Waals surface area contributed by atoms with Gasteiger partial charge in [-0.3, -0.25) is 10.1 Å². The van der Waals surface area contributed by atoms with Gasteiger partial charge in [0.2, 0.25) is 0 Å². The van der Waals surface area contributed by atoms with E-state index in [0.717, 1.165) is 41.9 Å². The second-order valence-electron chi connectivity index (χ2n) is 6.85. The summed E-state index contributed by atoms with van der Waals surface area (Å²) >= 11 is 0. The molecule has 0 amide bonds. The standard InChI is InChI=1S/C17H25N5O2S/c1-13-9-17(20-19-13)16-7-6-14(11-18-16)10-15-5-4-8-22(12-15)25(23,24)21(2)3/h6-7,9,11,15H,4-5,8,10,12H2,1-3H3,(H,19,20)/t15-/m1/s1. The second kappa shape index (κ2) is 7.23. The lowest BCUT2D eigenvalue weighted by Crippen LogP contribution is -2.45. The second-order valence-corrected chi connectivity index (χ2v) is 8.99. The molecule has 1 aliphatic rings. The van der Waals surface area contributed by atoms with Gasteiger partial charge in [0.1, 0.15) is 5.69 Å². The van der Waals surface area contributed by atoms with Crippen LogP contribution in [0.15, 0.2) is 24.4 Å². The quantitative estimate of drug-likeness (QED) is 0.879. The predicted molar refractivity (Wildman–Crippen MR) is 97.2 cm³/mol. The van der Waals surface area contributed by atoms with Crippen LogP contribution in [0.3, 0.4) is 0 Å². The number of piperidine rings is 1. The average Bonchev–Trinajstić information content (AvgIpc) is 3.02. The number of nitrogens with zero attached hydrogens (tertiary/aromatic N) is 4. The van der Waals surface area contributed by atoms with Gasteiger partial charge < -0.3 is 0 Å². The third-order valence-corrected chi connectivity index (χ3v) is 6.49. The Hall–Kier alpha value is -1.77. The number of rotatable bonds is 5. The number of pyridine rings is 1. The number of H-pyrrole nitrogens is 1. The Morgan fingerprint density at radius 3 is 2.72 bits per heavy atom. The molecule has 2 aromatic rings. The Balaban J connectivity index is 1.66.